The predicted molar refractivity (Wildman–Crippen MR) is 66.5 cm³/mol. The molecule has 0 aliphatic carbocycles. The summed E-state index contributed by atoms with van der Waals surface area (Å²) in [4.78, 5) is 31.2. The van der Waals surface area contributed by atoms with E-state index in [2.05, 4.69) is 20.6 Å². The van der Waals surface area contributed by atoms with E-state index in [0.29, 0.717) is 0 Å². The minimum Gasteiger partial charge on any atom is -0.358 e. The molecule has 110 valence electrons. The zero-order chi connectivity index (χ0) is 15.4. The summed E-state index contributed by atoms with van der Waals surface area (Å²) in [6.45, 7) is 0.352. The van der Waals surface area contributed by atoms with Gasteiger partial charge in [-0.15, -0.1) is 5.10 Å². The lowest BCUT2D eigenvalue weighted by molar-refractivity contribution is -0.389. The zero-order valence-electron chi connectivity index (χ0n) is 10.4. The van der Waals surface area contributed by atoms with Gasteiger partial charge < -0.3 is 15.4 Å². The van der Waals surface area contributed by atoms with Crippen LogP contribution in [0.4, 0.5) is 11.5 Å². The molecule has 12 nitrogen and oxygen atoms in total. The highest BCUT2D eigenvalue weighted by Crippen LogP contribution is 2.08. The Morgan fingerprint density at radius 3 is 2.71 bits per heavy atom. The van der Waals surface area contributed by atoms with Crippen molar-refractivity contribution in [1.29, 1.82) is 0 Å². The van der Waals surface area contributed by atoms with E-state index in [0.717, 1.165) is 12.3 Å². The highest BCUT2D eigenvalue weighted by atomic mass is 16.6. The minimum atomic E-state index is -0.702. The van der Waals surface area contributed by atoms with Crippen molar-refractivity contribution < 1.29 is 14.6 Å². The molecule has 0 saturated heterocycles. The number of aromatic amines is 1. The zero-order valence-corrected chi connectivity index (χ0v) is 10.4. The van der Waals surface area contributed by atoms with Crippen LogP contribution in [0.5, 0.6) is 0 Å². The summed E-state index contributed by atoms with van der Waals surface area (Å²) in [5.41, 5.74) is -0.266. The average molecular weight is 295 g/mol. The Balaban J connectivity index is 1.85. The van der Waals surface area contributed by atoms with Crippen LogP contribution in [-0.4, -0.2) is 42.3 Å². The summed E-state index contributed by atoms with van der Waals surface area (Å²) < 4.78 is 1.30. The van der Waals surface area contributed by atoms with E-state index in [1.165, 1.54) is 10.9 Å². The largest absolute Gasteiger partial charge is 0.358 e. The standard InChI is InChI=1S/C9H9N7O5/c17-9(7-3-8(13-12-7)16(20)21)10-1-2-14-5-6(4-11-14)15(18)19/h3-5H,1-2H2,(H,10,17)(H,12,13). The first-order chi connectivity index (χ1) is 9.97. The molecule has 2 aromatic rings. The van der Waals surface area contributed by atoms with Crippen molar-refractivity contribution in [3.63, 3.8) is 0 Å². The topological polar surface area (TPSA) is 162 Å². The Hall–Kier alpha value is -3.31. The number of aromatic nitrogens is 4. The Morgan fingerprint density at radius 1 is 1.38 bits per heavy atom. The molecule has 2 N–H and O–H groups in total. The number of hydrogen-bond donors (Lipinski definition) is 2. The van der Waals surface area contributed by atoms with E-state index >= 15 is 0 Å². The Bertz CT molecular complexity index is 690. The third-order valence-corrected chi connectivity index (χ3v) is 2.45. The number of H-pyrrole nitrogens is 1. The van der Waals surface area contributed by atoms with Gasteiger partial charge in [-0.2, -0.15) is 5.10 Å². The molecule has 1 amide bonds. The lowest BCUT2D eigenvalue weighted by atomic mass is 10.4. The van der Waals surface area contributed by atoms with Crippen molar-refractivity contribution in [2.45, 2.75) is 6.54 Å². The van der Waals surface area contributed by atoms with E-state index in [1.54, 1.807) is 0 Å². The van der Waals surface area contributed by atoms with Gasteiger partial charge in [0.1, 0.15) is 12.4 Å². The van der Waals surface area contributed by atoms with Crippen LogP contribution in [0, 0.1) is 20.2 Å². The maximum atomic E-state index is 11.6. The van der Waals surface area contributed by atoms with E-state index in [1.807, 2.05) is 0 Å². The van der Waals surface area contributed by atoms with Gasteiger partial charge in [0.25, 0.3) is 5.91 Å². The van der Waals surface area contributed by atoms with Crippen molar-refractivity contribution in [3.05, 3.63) is 44.4 Å². The first-order valence-corrected chi connectivity index (χ1v) is 5.62. The fourth-order valence-corrected chi connectivity index (χ4v) is 1.47. The molecule has 0 aliphatic rings. The maximum Gasteiger partial charge on any atom is 0.343 e. The molecule has 0 radical (unpaired) electrons. The SMILES string of the molecule is O=C(NCCn1cc([N+](=O)[O-])cn1)c1cc([N+](=O)[O-])[nH]n1. The summed E-state index contributed by atoms with van der Waals surface area (Å²) in [5, 5.41) is 32.7. The van der Waals surface area contributed by atoms with Crippen molar-refractivity contribution >= 4 is 17.4 Å². The monoisotopic (exact) mass is 295 g/mol. The second-order valence-corrected chi connectivity index (χ2v) is 3.87. The quantitative estimate of drug-likeness (QED) is 0.553. The van der Waals surface area contributed by atoms with Gasteiger partial charge in [-0.3, -0.25) is 19.6 Å². The molecular weight excluding hydrogens is 286 g/mol. The normalized spacial score (nSPS) is 10.3. The first kappa shape index (κ1) is 14.1. The third kappa shape index (κ3) is 3.37. The number of hydrogen-bond acceptors (Lipinski definition) is 7. The van der Waals surface area contributed by atoms with Crippen molar-refractivity contribution in [2.75, 3.05) is 6.54 Å². The third-order valence-electron chi connectivity index (χ3n) is 2.45. The molecule has 21 heavy (non-hydrogen) atoms. The number of carbonyl (C=O) groups is 1. The first-order valence-electron chi connectivity index (χ1n) is 5.62. The Labute approximate surface area is 116 Å². The second-order valence-electron chi connectivity index (χ2n) is 3.87. The summed E-state index contributed by atoms with van der Waals surface area (Å²) >= 11 is 0. The minimum absolute atomic E-state index is 0.117. The van der Waals surface area contributed by atoms with Crippen LogP contribution in [0.15, 0.2) is 18.5 Å². The Morgan fingerprint density at radius 2 is 2.14 bits per heavy atom. The van der Waals surface area contributed by atoms with Gasteiger partial charge in [0.05, 0.1) is 17.5 Å². The molecule has 0 aliphatic heterocycles. The van der Waals surface area contributed by atoms with Crippen LogP contribution in [0.1, 0.15) is 10.5 Å². The summed E-state index contributed by atoms with van der Waals surface area (Å²) in [7, 11) is 0. The lowest BCUT2D eigenvalue weighted by Gasteiger charge is -2.02. The van der Waals surface area contributed by atoms with Gasteiger partial charge in [0.2, 0.25) is 0 Å². The van der Waals surface area contributed by atoms with Gasteiger partial charge >= 0.3 is 11.5 Å². The highest BCUT2D eigenvalue weighted by molar-refractivity contribution is 5.92. The van der Waals surface area contributed by atoms with Gasteiger partial charge in [-0.25, -0.2) is 0 Å². The van der Waals surface area contributed by atoms with E-state index in [9.17, 15) is 25.0 Å². The molecule has 2 rings (SSSR count). The van der Waals surface area contributed by atoms with Crippen LogP contribution in [0.3, 0.4) is 0 Å². The fourth-order valence-electron chi connectivity index (χ4n) is 1.47. The van der Waals surface area contributed by atoms with Crippen LogP contribution in [0.25, 0.3) is 0 Å². The Kier molecular flexibility index (Phi) is 3.87. The molecule has 0 atom stereocenters. The van der Waals surface area contributed by atoms with Gasteiger partial charge in [-0.05, 0) is 4.92 Å². The van der Waals surface area contributed by atoms with Crippen molar-refractivity contribution in [3.8, 4) is 0 Å². The molecule has 12 heteroatoms. The number of carbonyl (C=O) groups excluding carboxylic acids is 1. The van der Waals surface area contributed by atoms with Gasteiger partial charge in [-0.1, -0.05) is 5.10 Å². The molecule has 2 heterocycles. The number of nitrogens with zero attached hydrogens (tertiary/aromatic N) is 5. The van der Waals surface area contributed by atoms with E-state index in [-0.39, 0.29) is 30.3 Å². The highest BCUT2D eigenvalue weighted by Gasteiger charge is 2.16. The van der Waals surface area contributed by atoms with Crippen LogP contribution in [-0.2, 0) is 6.54 Å². The predicted octanol–water partition coefficient (Wildman–Crippen LogP) is -0.147. The van der Waals surface area contributed by atoms with E-state index in [4.69, 9.17) is 0 Å². The lowest BCUT2D eigenvalue weighted by Crippen LogP contribution is -2.27. The second kappa shape index (κ2) is 5.77. The average Bonchev–Trinajstić information content (AvgIpc) is 3.07. The summed E-state index contributed by atoms with van der Waals surface area (Å²) in [5.74, 6) is -0.983. The van der Waals surface area contributed by atoms with Crippen molar-refractivity contribution in [2.24, 2.45) is 0 Å². The molecule has 0 saturated carbocycles. The molecular formula is C9H9N7O5. The number of rotatable bonds is 6. The molecule has 0 bridgehead atoms. The van der Waals surface area contributed by atoms with Crippen LogP contribution in [0.2, 0.25) is 0 Å². The van der Waals surface area contributed by atoms with E-state index < -0.39 is 15.8 Å². The van der Waals surface area contributed by atoms with Gasteiger partial charge in [0, 0.05) is 6.54 Å². The maximum absolute atomic E-state index is 11.6. The summed E-state index contributed by atoms with van der Waals surface area (Å²) in [6, 6.07) is 1.01. The molecule has 0 spiro atoms. The van der Waals surface area contributed by atoms with Gasteiger partial charge in [0.15, 0.2) is 5.69 Å². The molecule has 0 unspecified atom stereocenters. The van der Waals surface area contributed by atoms with Crippen LogP contribution >= 0.6 is 0 Å². The fraction of sp³-hybridized carbons (Fsp3) is 0.222. The molecule has 0 aromatic carbocycles. The number of nitrogens with one attached hydrogen (secondary N) is 2. The van der Waals surface area contributed by atoms with Crippen molar-refractivity contribution in [1.82, 2.24) is 25.3 Å². The smallest absolute Gasteiger partial charge is 0.343 e. The number of nitro groups is 2. The molecule has 0 fully saturated rings. The number of amides is 1. The van der Waals surface area contributed by atoms with Crippen LogP contribution < -0.4 is 5.32 Å². The molecule has 2 aromatic heterocycles. The summed E-state index contributed by atoms with van der Waals surface area (Å²) in [6.07, 6.45) is 2.32.